The van der Waals surface area contributed by atoms with Crippen LogP contribution in [-0.4, -0.2) is 47.9 Å². The van der Waals surface area contributed by atoms with Gasteiger partial charge in [-0.3, -0.25) is 9.80 Å². The number of hydrazone groups is 1. The second-order valence-corrected chi connectivity index (χ2v) is 5.84. The SMILES string of the molecule is CC1=NN(c2ccc(C(=O)N3CCC(CO)C3)cc2)CC1. The van der Waals surface area contributed by atoms with Crippen molar-refractivity contribution in [2.75, 3.05) is 31.3 Å². The summed E-state index contributed by atoms with van der Waals surface area (Å²) in [7, 11) is 0. The molecule has 21 heavy (non-hydrogen) atoms. The lowest BCUT2D eigenvalue weighted by Gasteiger charge is -2.17. The molecule has 2 heterocycles. The van der Waals surface area contributed by atoms with Crippen molar-refractivity contribution in [2.45, 2.75) is 19.8 Å². The van der Waals surface area contributed by atoms with E-state index < -0.39 is 0 Å². The monoisotopic (exact) mass is 287 g/mol. The maximum atomic E-state index is 12.4. The summed E-state index contributed by atoms with van der Waals surface area (Å²) in [5.74, 6) is 0.286. The summed E-state index contributed by atoms with van der Waals surface area (Å²) in [6, 6.07) is 7.64. The summed E-state index contributed by atoms with van der Waals surface area (Å²) in [4.78, 5) is 14.2. The number of amides is 1. The minimum Gasteiger partial charge on any atom is -0.396 e. The van der Waals surface area contributed by atoms with Crippen molar-refractivity contribution < 1.29 is 9.90 Å². The highest BCUT2D eigenvalue weighted by Gasteiger charge is 2.26. The number of hydrogen-bond donors (Lipinski definition) is 1. The van der Waals surface area contributed by atoms with Gasteiger partial charge in [-0.05, 0) is 37.6 Å². The van der Waals surface area contributed by atoms with E-state index in [9.17, 15) is 4.79 Å². The van der Waals surface area contributed by atoms with Crippen molar-refractivity contribution in [3.8, 4) is 0 Å². The average molecular weight is 287 g/mol. The first-order chi connectivity index (χ1) is 10.2. The van der Waals surface area contributed by atoms with E-state index in [0.29, 0.717) is 12.1 Å². The molecule has 1 atom stereocenters. The number of hydrogen-bond acceptors (Lipinski definition) is 4. The van der Waals surface area contributed by atoms with Gasteiger partial charge >= 0.3 is 0 Å². The molecule has 1 unspecified atom stereocenters. The molecule has 0 aliphatic carbocycles. The predicted molar refractivity (Wildman–Crippen MR) is 82.6 cm³/mol. The first-order valence-corrected chi connectivity index (χ1v) is 7.49. The Kier molecular flexibility index (Phi) is 3.92. The van der Waals surface area contributed by atoms with Gasteiger partial charge in [-0.2, -0.15) is 5.10 Å². The zero-order chi connectivity index (χ0) is 14.8. The molecule has 1 fully saturated rings. The fourth-order valence-corrected chi connectivity index (χ4v) is 2.89. The van der Waals surface area contributed by atoms with Crippen molar-refractivity contribution in [1.29, 1.82) is 0 Å². The molecule has 112 valence electrons. The van der Waals surface area contributed by atoms with Crippen LogP contribution >= 0.6 is 0 Å². The van der Waals surface area contributed by atoms with E-state index in [1.807, 2.05) is 41.1 Å². The van der Waals surface area contributed by atoms with Crippen LogP contribution < -0.4 is 5.01 Å². The molecule has 0 saturated carbocycles. The summed E-state index contributed by atoms with van der Waals surface area (Å²) < 4.78 is 0. The molecular formula is C16H21N3O2. The van der Waals surface area contributed by atoms with Gasteiger partial charge in [-0.25, -0.2) is 0 Å². The van der Waals surface area contributed by atoms with Gasteiger partial charge in [0.15, 0.2) is 0 Å². The van der Waals surface area contributed by atoms with Crippen LogP contribution in [0.1, 0.15) is 30.1 Å². The highest BCUT2D eigenvalue weighted by Crippen LogP contribution is 2.22. The maximum absolute atomic E-state index is 12.4. The van der Waals surface area contributed by atoms with Crippen LogP contribution in [-0.2, 0) is 0 Å². The third-order valence-electron chi connectivity index (χ3n) is 4.22. The molecule has 1 N–H and O–H groups in total. The summed E-state index contributed by atoms with van der Waals surface area (Å²) in [6.45, 7) is 4.50. The first kappa shape index (κ1) is 14.1. The van der Waals surface area contributed by atoms with Gasteiger partial charge in [0.1, 0.15) is 0 Å². The Morgan fingerprint density at radius 1 is 1.33 bits per heavy atom. The molecule has 5 heteroatoms. The van der Waals surface area contributed by atoms with Gasteiger partial charge in [0, 0.05) is 49.9 Å². The standard InChI is InChI=1S/C16H21N3O2/c1-12-6-9-19(17-12)15-4-2-14(3-5-15)16(21)18-8-7-13(10-18)11-20/h2-5,13,20H,6-11H2,1H3. The number of benzene rings is 1. The molecule has 1 aromatic rings. The van der Waals surface area contributed by atoms with Gasteiger partial charge < -0.3 is 10.0 Å². The van der Waals surface area contributed by atoms with Crippen LogP contribution in [0, 0.1) is 5.92 Å². The lowest BCUT2D eigenvalue weighted by molar-refractivity contribution is 0.0782. The van der Waals surface area contributed by atoms with Gasteiger partial charge in [-0.1, -0.05) is 0 Å². The zero-order valence-corrected chi connectivity index (χ0v) is 12.3. The Bertz CT molecular complexity index is 553. The Labute approximate surface area is 124 Å². The quantitative estimate of drug-likeness (QED) is 0.921. The predicted octanol–water partition coefficient (Wildman–Crippen LogP) is 1.73. The summed E-state index contributed by atoms with van der Waals surface area (Å²) in [5, 5.41) is 15.6. The number of nitrogens with zero attached hydrogens (tertiary/aromatic N) is 3. The van der Waals surface area contributed by atoms with Crippen molar-refractivity contribution in [3.63, 3.8) is 0 Å². The van der Waals surface area contributed by atoms with E-state index >= 15 is 0 Å². The Hall–Kier alpha value is -1.88. The summed E-state index contributed by atoms with van der Waals surface area (Å²) in [6.07, 6.45) is 1.89. The fraction of sp³-hybridized carbons (Fsp3) is 0.500. The Balaban J connectivity index is 1.68. The highest BCUT2D eigenvalue weighted by atomic mass is 16.3. The molecule has 2 aliphatic rings. The molecule has 0 bridgehead atoms. The second-order valence-electron chi connectivity index (χ2n) is 5.84. The van der Waals surface area contributed by atoms with Gasteiger partial charge in [0.05, 0.1) is 5.69 Å². The van der Waals surface area contributed by atoms with Crippen molar-refractivity contribution >= 4 is 17.3 Å². The van der Waals surface area contributed by atoms with Crippen molar-refractivity contribution in [3.05, 3.63) is 29.8 Å². The molecule has 5 nitrogen and oxygen atoms in total. The zero-order valence-electron chi connectivity index (χ0n) is 12.3. The second kappa shape index (κ2) is 5.85. The average Bonchev–Trinajstić information content (AvgIpc) is 3.15. The third kappa shape index (κ3) is 2.93. The number of likely N-dealkylation sites (tertiary alicyclic amines) is 1. The fourth-order valence-electron chi connectivity index (χ4n) is 2.89. The number of aliphatic hydroxyl groups is 1. The van der Waals surface area contributed by atoms with Crippen LogP contribution in [0.15, 0.2) is 29.4 Å². The Morgan fingerprint density at radius 3 is 2.67 bits per heavy atom. The molecule has 0 radical (unpaired) electrons. The molecule has 2 aliphatic heterocycles. The lowest BCUT2D eigenvalue weighted by Crippen LogP contribution is -2.29. The van der Waals surface area contributed by atoms with Crippen LogP contribution in [0.2, 0.25) is 0 Å². The number of aliphatic hydroxyl groups excluding tert-OH is 1. The maximum Gasteiger partial charge on any atom is 0.253 e. The van der Waals surface area contributed by atoms with Crippen LogP contribution in [0.25, 0.3) is 0 Å². The topological polar surface area (TPSA) is 56.1 Å². The van der Waals surface area contributed by atoms with E-state index in [1.54, 1.807) is 0 Å². The third-order valence-corrected chi connectivity index (χ3v) is 4.22. The summed E-state index contributed by atoms with van der Waals surface area (Å²) in [5.41, 5.74) is 2.87. The van der Waals surface area contributed by atoms with Gasteiger partial charge in [0.2, 0.25) is 0 Å². The van der Waals surface area contributed by atoms with Gasteiger partial charge in [0.25, 0.3) is 5.91 Å². The van der Waals surface area contributed by atoms with Crippen molar-refractivity contribution in [1.82, 2.24) is 4.90 Å². The van der Waals surface area contributed by atoms with E-state index in [0.717, 1.165) is 37.3 Å². The van der Waals surface area contributed by atoms with E-state index in [1.165, 1.54) is 0 Å². The lowest BCUT2D eigenvalue weighted by atomic mass is 10.1. The van der Waals surface area contributed by atoms with E-state index in [2.05, 4.69) is 5.10 Å². The highest BCUT2D eigenvalue weighted by molar-refractivity contribution is 5.95. The minimum atomic E-state index is 0.0543. The molecule has 1 amide bonds. The molecule has 1 aromatic carbocycles. The molecule has 1 saturated heterocycles. The molecule has 0 spiro atoms. The minimum absolute atomic E-state index is 0.0543. The number of carbonyl (C=O) groups excluding carboxylic acids is 1. The largest absolute Gasteiger partial charge is 0.396 e. The number of anilines is 1. The molecule has 3 rings (SSSR count). The van der Waals surface area contributed by atoms with Crippen LogP contribution in [0.5, 0.6) is 0 Å². The van der Waals surface area contributed by atoms with Crippen LogP contribution in [0.3, 0.4) is 0 Å². The normalized spacial score (nSPS) is 21.8. The van der Waals surface area contributed by atoms with Crippen LogP contribution in [0.4, 0.5) is 5.69 Å². The first-order valence-electron chi connectivity index (χ1n) is 7.49. The number of carbonyl (C=O) groups is 1. The van der Waals surface area contributed by atoms with Gasteiger partial charge in [-0.15, -0.1) is 0 Å². The number of rotatable bonds is 3. The Morgan fingerprint density at radius 2 is 2.10 bits per heavy atom. The van der Waals surface area contributed by atoms with Crippen molar-refractivity contribution in [2.24, 2.45) is 11.0 Å². The molecule has 0 aromatic heterocycles. The van der Waals surface area contributed by atoms with E-state index in [4.69, 9.17) is 5.11 Å². The van der Waals surface area contributed by atoms with E-state index in [-0.39, 0.29) is 18.4 Å². The smallest absolute Gasteiger partial charge is 0.253 e. The summed E-state index contributed by atoms with van der Waals surface area (Å²) >= 11 is 0. The molecular weight excluding hydrogens is 266 g/mol.